The molecule has 1 unspecified atom stereocenters. The summed E-state index contributed by atoms with van der Waals surface area (Å²) < 4.78 is 0. The van der Waals surface area contributed by atoms with E-state index in [0.717, 1.165) is 11.8 Å². The van der Waals surface area contributed by atoms with Crippen LogP contribution < -0.4 is 0 Å². The van der Waals surface area contributed by atoms with E-state index in [2.05, 4.69) is 83.1 Å². The summed E-state index contributed by atoms with van der Waals surface area (Å²) in [5.41, 5.74) is 1.39. The molecule has 32 heavy (non-hydrogen) atoms. The van der Waals surface area contributed by atoms with Crippen molar-refractivity contribution >= 4 is 0 Å². The molecule has 0 aromatic carbocycles. The quantitative estimate of drug-likeness (QED) is 0.204. The first-order valence-electron chi connectivity index (χ1n) is 14.6. The molecule has 0 aromatic heterocycles. The van der Waals surface area contributed by atoms with E-state index in [-0.39, 0.29) is 0 Å². The van der Waals surface area contributed by atoms with Gasteiger partial charge in [-0.1, -0.05) is 160 Å². The molecule has 0 saturated carbocycles. The lowest BCUT2D eigenvalue weighted by atomic mass is 9.70. The Morgan fingerprint density at radius 2 is 0.906 bits per heavy atom. The van der Waals surface area contributed by atoms with E-state index >= 15 is 0 Å². The Bertz CT molecular complexity index is 387. The fraction of sp³-hybridized carbons (Fsp3) is 1.00. The molecule has 0 radical (unpaired) electrons. The smallest absolute Gasteiger partial charge is 0.0347 e. The van der Waals surface area contributed by atoms with Crippen LogP contribution in [0.4, 0.5) is 0 Å². The minimum Gasteiger partial charge on any atom is -0.0654 e. The van der Waals surface area contributed by atoms with Crippen molar-refractivity contribution < 1.29 is 0 Å². The Morgan fingerprint density at radius 3 is 1.25 bits per heavy atom. The van der Waals surface area contributed by atoms with Crippen molar-refractivity contribution in [1.82, 2.24) is 0 Å². The monoisotopic (exact) mass is 453 g/mol. The summed E-state index contributed by atoms with van der Waals surface area (Å²) in [5, 5.41) is 0. The van der Waals surface area contributed by atoms with Crippen LogP contribution >= 0.6 is 0 Å². The summed E-state index contributed by atoms with van der Waals surface area (Å²) in [6, 6.07) is 0. The Morgan fingerprint density at radius 1 is 0.500 bits per heavy atom. The standard InChI is InChI=1S/2C16H34/c1-13(10-14(2,3)4)11-16(8,9)12-15(5,6)7;1-4-5-6-7-8-9-10-11-12-13-14-15-16(2)3/h13H,10-12H2,1-9H3;16H,4-15H2,1-3H3. The largest absolute Gasteiger partial charge is 0.0654 e. The van der Waals surface area contributed by atoms with E-state index in [4.69, 9.17) is 0 Å². The van der Waals surface area contributed by atoms with Crippen molar-refractivity contribution in [1.29, 1.82) is 0 Å². The molecule has 0 amide bonds. The minimum absolute atomic E-state index is 0.449. The van der Waals surface area contributed by atoms with Gasteiger partial charge in [0.2, 0.25) is 0 Å². The van der Waals surface area contributed by atoms with Crippen molar-refractivity contribution in [2.75, 3.05) is 0 Å². The van der Waals surface area contributed by atoms with E-state index in [0.29, 0.717) is 16.2 Å². The molecule has 0 saturated heterocycles. The van der Waals surface area contributed by atoms with Gasteiger partial charge in [-0.15, -0.1) is 0 Å². The van der Waals surface area contributed by atoms with E-state index in [1.807, 2.05) is 0 Å². The number of rotatable bonds is 16. The van der Waals surface area contributed by atoms with Gasteiger partial charge >= 0.3 is 0 Å². The third-order valence-corrected chi connectivity index (χ3v) is 6.26. The Hall–Kier alpha value is 0. The Kier molecular flexibility index (Phi) is 19.6. The summed E-state index contributed by atoms with van der Waals surface area (Å²) in [7, 11) is 0. The lowest BCUT2D eigenvalue weighted by Gasteiger charge is -2.36. The Labute approximate surface area is 207 Å². The molecule has 0 fully saturated rings. The first kappa shape index (κ1) is 34.2. The minimum atomic E-state index is 0.449. The van der Waals surface area contributed by atoms with E-state index in [9.17, 15) is 0 Å². The van der Waals surface area contributed by atoms with Crippen LogP contribution in [0.2, 0.25) is 0 Å². The van der Waals surface area contributed by atoms with Crippen LogP contribution in [0.3, 0.4) is 0 Å². The molecule has 1 atom stereocenters. The van der Waals surface area contributed by atoms with Crippen LogP contribution in [-0.4, -0.2) is 0 Å². The highest BCUT2D eigenvalue weighted by Gasteiger charge is 2.28. The molecule has 0 heterocycles. The predicted molar refractivity (Wildman–Crippen MR) is 152 cm³/mol. The highest BCUT2D eigenvalue weighted by molar-refractivity contribution is 4.79. The predicted octanol–water partition coefficient (Wildman–Crippen LogP) is 12.3. The maximum Gasteiger partial charge on any atom is -0.0347 e. The SMILES string of the molecule is CC(CC(C)(C)C)CC(C)(C)CC(C)(C)C.CCCCCCCCCCCCCC(C)C. The molecule has 196 valence electrons. The highest BCUT2D eigenvalue weighted by atomic mass is 14.3. The van der Waals surface area contributed by atoms with E-state index in [1.54, 1.807) is 0 Å². The van der Waals surface area contributed by atoms with Gasteiger partial charge in [0, 0.05) is 0 Å². The van der Waals surface area contributed by atoms with Crippen LogP contribution in [0.1, 0.15) is 179 Å². The van der Waals surface area contributed by atoms with Gasteiger partial charge in [0.1, 0.15) is 0 Å². The van der Waals surface area contributed by atoms with Crippen LogP contribution in [0.5, 0.6) is 0 Å². The normalized spacial score (nSPS) is 13.8. The zero-order chi connectivity index (χ0) is 25.3. The fourth-order valence-corrected chi connectivity index (χ4v) is 5.79. The Balaban J connectivity index is 0. The highest BCUT2D eigenvalue weighted by Crippen LogP contribution is 2.40. The zero-order valence-electron chi connectivity index (χ0n) is 25.3. The van der Waals surface area contributed by atoms with Crippen molar-refractivity contribution in [3.8, 4) is 0 Å². The van der Waals surface area contributed by atoms with Crippen LogP contribution in [-0.2, 0) is 0 Å². The molecule has 0 nitrogen and oxygen atoms in total. The summed E-state index contributed by atoms with van der Waals surface area (Å²) >= 11 is 0. The van der Waals surface area contributed by atoms with Gasteiger partial charge in [0.15, 0.2) is 0 Å². The van der Waals surface area contributed by atoms with Gasteiger partial charge in [0.25, 0.3) is 0 Å². The number of unbranched alkanes of at least 4 members (excludes halogenated alkanes) is 10. The second-order valence-electron chi connectivity index (χ2n) is 14.7. The molecule has 0 aliphatic rings. The van der Waals surface area contributed by atoms with Crippen LogP contribution in [0.25, 0.3) is 0 Å². The van der Waals surface area contributed by atoms with E-state index < -0.39 is 0 Å². The number of hydrogen-bond donors (Lipinski definition) is 0. The molecule has 0 rings (SSSR count). The van der Waals surface area contributed by atoms with Crippen LogP contribution in [0, 0.1) is 28.1 Å². The second-order valence-corrected chi connectivity index (χ2v) is 14.7. The number of hydrogen-bond acceptors (Lipinski definition) is 0. The third kappa shape index (κ3) is 30.0. The van der Waals surface area contributed by atoms with Gasteiger partial charge in [-0.3, -0.25) is 0 Å². The average molecular weight is 453 g/mol. The van der Waals surface area contributed by atoms with Crippen molar-refractivity contribution in [3.63, 3.8) is 0 Å². The van der Waals surface area contributed by atoms with Crippen molar-refractivity contribution in [2.24, 2.45) is 28.1 Å². The summed E-state index contributed by atoms with van der Waals surface area (Å²) in [6.07, 6.45) is 21.5. The van der Waals surface area contributed by atoms with Gasteiger partial charge in [-0.05, 0) is 47.3 Å². The molecule has 0 bridgehead atoms. The van der Waals surface area contributed by atoms with Crippen molar-refractivity contribution in [3.05, 3.63) is 0 Å². The van der Waals surface area contributed by atoms with Gasteiger partial charge in [0.05, 0.1) is 0 Å². The zero-order valence-corrected chi connectivity index (χ0v) is 25.3. The lowest BCUT2D eigenvalue weighted by molar-refractivity contribution is 0.156. The first-order chi connectivity index (χ1) is 14.6. The molecular weight excluding hydrogens is 384 g/mol. The van der Waals surface area contributed by atoms with Gasteiger partial charge in [-0.25, -0.2) is 0 Å². The van der Waals surface area contributed by atoms with E-state index in [1.165, 1.54) is 96.3 Å². The summed E-state index contributed by atoms with van der Waals surface area (Å²) in [4.78, 5) is 0. The molecule has 0 spiro atoms. The van der Waals surface area contributed by atoms with Crippen LogP contribution in [0.15, 0.2) is 0 Å². The maximum absolute atomic E-state index is 2.43. The lowest BCUT2D eigenvalue weighted by Crippen LogP contribution is -2.24. The molecular formula is C32H68. The van der Waals surface area contributed by atoms with Gasteiger partial charge < -0.3 is 0 Å². The molecule has 0 N–H and O–H groups in total. The maximum atomic E-state index is 2.43. The first-order valence-corrected chi connectivity index (χ1v) is 14.6. The second kappa shape index (κ2) is 18.3. The van der Waals surface area contributed by atoms with Crippen molar-refractivity contribution in [2.45, 2.75) is 179 Å². The third-order valence-electron chi connectivity index (χ3n) is 6.26. The molecule has 0 aliphatic carbocycles. The molecule has 0 aromatic rings. The topological polar surface area (TPSA) is 0 Å². The summed E-state index contributed by atoms with van der Waals surface area (Å²) in [6.45, 7) is 28.3. The molecule has 0 heteroatoms. The fourth-order valence-electron chi connectivity index (χ4n) is 5.79. The summed E-state index contributed by atoms with van der Waals surface area (Å²) in [5.74, 6) is 1.73. The van der Waals surface area contributed by atoms with Gasteiger partial charge in [-0.2, -0.15) is 0 Å². The average Bonchev–Trinajstić information content (AvgIpc) is 2.55. The molecule has 0 aliphatic heterocycles.